The number of nitrogens with two attached hydrogens (primary N) is 1. The minimum Gasteiger partial charge on any atom is -0.323 e. The van der Waals surface area contributed by atoms with Gasteiger partial charge in [-0.05, 0) is 30.2 Å². The second-order valence-electron chi connectivity index (χ2n) is 5.60. The summed E-state index contributed by atoms with van der Waals surface area (Å²) in [6, 6.07) is 4.91. The fourth-order valence-corrected chi connectivity index (χ4v) is 2.23. The lowest BCUT2D eigenvalue weighted by atomic mass is 10.0. The Morgan fingerprint density at radius 2 is 1.86 bits per heavy atom. The van der Waals surface area contributed by atoms with Crippen molar-refractivity contribution in [2.24, 2.45) is 11.7 Å². The van der Waals surface area contributed by atoms with Crippen LogP contribution in [0.25, 0.3) is 0 Å². The van der Waals surface area contributed by atoms with Gasteiger partial charge in [0.05, 0.1) is 5.56 Å². The second-order valence-corrected chi connectivity index (χ2v) is 5.60. The Hall–Kier alpha value is -1.07. The van der Waals surface area contributed by atoms with Crippen LogP contribution in [0.4, 0.5) is 13.2 Å². The van der Waals surface area contributed by atoms with Crippen LogP contribution in [0.2, 0.25) is 0 Å². The Morgan fingerprint density at radius 1 is 1.19 bits per heavy atom. The second kappa shape index (κ2) is 7.80. The van der Waals surface area contributed by atoms with E-state index in [9.17, 15) is 13.2 Å². The highest BCUT2D eigenvalue weighted by Gasteiger charge is 2.30. The van der Waals surface area contributed by atoms with Crippen LogP contribution >= 0.6 is 0 Å². The largest absolute Gasteiger partial charge is 0.416 e. The van der Waals surface area contributed by atoms with Crippen LogP contribution in [-0.4, -0.2) is 24.5 Å². The SMILES string of the molecule is CCC(C)CN(CC)CC(N)c1cccc(C(F)(F)F)c1. The van der Waals surface area contributed by atoms with Crippen LogP contribution in [0.3, 0.4) is 0 Å². The third kappa shape index (κ3) is 5.67. The third-order valence-corrected chi connectivity index (χ3v) is 3.81. The normalized spacial score (nSPS) is 15.2. The Kier molecular flexibility index (Phi) is 6.68. The molecule has 2 N–H and O–H groups in total. The van der Waals surface area contributed by atoms with E-state index in [1.165, 1.54) is 6.07 Å². The summed E-state index contributed by atoms with van der Waals surface area (Å²) in [5, 5.41) is 0. The van der Waals surface area contributed by atoms with Gasteiger partial charge in [0, 0.05) is 19.1 Å². The van der Waals surface area contributed by atoms with Crippen LogP contribution in [0, 0.1) is 5.92 Å². The van der Waals surface area contributed by atoms with Gasteiger partial charge in [-0.2, -0.15) is 13.2 Å². The highest BCUT2D eigenvalue weighted by molar-refractivity contribution is 5.28. The predicted octanol–water partition coefficient (Wildman–Crippen LogP) is 4.07. The molecule has 0 aromatic heterocycles. The number of benzene rings is 1. The molecular formula is C16H25F3N2. The highest BCUT2D eigenvalue weighted by Crippen LogP contribution is 2.30. The Balaban J connectivity index is 2.76. The maximum atomic E-state index is 12.7. The summed E-state index contributed by atoms with van der Waals surface area (Å²) in [7, 11) is 0. The molecule has 1 aromatic carbocycles. The fraction of sp³-hybridized carbons (Fsp3) is 0.625. The van der Waals surface area contributed by atoms with Gasteiger partial charge in [-0.3, -0.25) is 0 Å². The lowest BCUT2D eigenvalue weighted by Crippen LogP contribution is -2.35. The zero-order valence-corrected chi connectivity index (χ0v) is 13.0. The molecule has 1 rings (SSSR count). The van der Waals surface area contributed by atoms with Gasteiger partial charge >= 0.3 is 6.18 Å². The van der Waals surface area contributed by atoms with E-state index in [0.717, 1.165) is 31.6 Å². The highest BCUT2D eigenvalue weighted by atomic mass is 19.4. The van der Waals surface area contributed by atoms with Gasteiger partial charge < -0.3 is 10.6 Å². The van der Waals surface area contributed by atoms with Crippen molar-refractivity contribution in [1.29, 1.82) is 0 Å². The first kappa shape index (κ1) is 18.0. The lowest BCUT2D eigenvalue weighted by Gasteiger charge is -2.27. The third-order valence-electron chi connectivity index (χ3n) is 3.81. The molecule has 0 saturated heterocycles. The molecule has 0 heterocycles. The molecule has 21 heavy (non-hydrogen) atoms. The molecule has 0 fully saturated rings. The zero-order chi connectivity index (χ0) is 16.0. The van der Waals surface area contributed by atoms with E-state index in [2.05, 4.69) is 18.7 Å². The van der Waals surface area contributed by atoms with Gasteiger partial charge in [0.15, 0.2) is 0 Å². The van der Waals surface area contributed by atoms with Crippen LogP contribution in [0.15, 0.2) is 24.3 Å². The van der Waals surface area contributed by atoms with Crippen molar-refractivity contribution < 1.29 is 13.2 Å². The molecule has 0 amide bonds. The van der Waals surface area contributed by atoms with Crippen LogP contribution < -0.4 is 5.73 Å². The molecule has 2 atom stereocenters. The molecule has 0 bridgehead atoms. The Labute approximate surface area is 125 Å². The van der Waals surface area contributed by atoms with Crippen LogP contribution in [0.1, 0.15) is 44.4 Å². The van der Waals surface area contributed by atoms with Crippen molar-refractivity contribution in [3.05, 3.63) is 35.4 Å². The average molecular weight is 302 g/mol. The molecule has 0 saturated carbocycles. The van der Waals surface area contributed by atoms with Gasteiger partial charge in [-0.1, -0.05) is 39.3 Å². The first-order chi connectivity index (χ1) is 9.77. The lowest BCUT2D eigenvalue weighted by molar-refractivity contribution is -0.137. The zero-order valence-electron chi connectivity index (χ0n) is 13.0. The predicted molar refractivity (Wildman–Crippen MR) is 79.9 cm³/mol. The van der Waals surface area contributed by atoms with E-state index in [-0.39, 0.29) is 0 Å². The Morgan fingerprint density at radius 3 is 2.38 bits per heavy atom. The fourth-order valence-electron chi connectivity index (χ4n) is 2.23. The van der Waals surface area contributed by atoms with Gasteiger partial charge in [0.1, 0.15) is 0 Å². The van der Waals surface area contributed by atoms with Gasteiger partial charge in [-0.25, -0.2) is 0 Å². The molecule has 5 heteroatoms. The van der Waals surface area contributed by atoms with Crippen molar-refractivity contribution in [1.82, 2.24) is 4.90 Å². The maximum Gasteiger partial charge on any atom is 0.416 e. The van der Waals surface area contributed by atoms with Crippen LogP contribution in [-0.2, 0) is 6.18 Å². The van der Waals surface area contributed by atoms with Crippen molar-refractivity contribution >= 4 is 0 Å². The van der Waals surface area contributed by atoms with Gasteiger partial charge in [-0.15, -0.1) is 0 Å². The molecule has 0 spiro atoms. The van der Waals surface area contributed by atoms with Gasteiger partial charge in [0.25, 0.3) is 0 Å². The van der Waals surface area contributed by atoms with E-state index in [1.54, 1.807) is 6.07 Å². The van der Waals surface area contributed by atoms with E-state index >= 15 is 0 Å². The summed E-state index contributed by atoms with van der Waals surface area (Å²) in [6.07, 6.45) is -3.24. The first-order valence-corrected chi connectivity index (χ1v) is 7.43. The average Bonchev–Trinajstić information content (AvgIpc) is 2.45. The number of alkyl halides is 3. The maximum absolute atomic E-state index is 12.7. The van der Waals surface area contributed by atoms with Crippen molar-refractivity contribution in [3.63, 3.8) is 0 Å². The van der Waals surface area contributed by atoms with E-state index in [1.807, 2.05) is 6.92 Å². The summed E-state index contributed by atoms with van der Waals surface area (Å²) in [5.74, 6) is 0.554. The summed E-state index contributed by atoms with van der Waals surface area (Å²) >= 11 is 0. The molecule has 1 aromatic rings. The van der Waals surface area contributed by atoms with Crippen molar-refractivity contribution in [2.75, 3.05) is 19.6 Å². The number of hydrogen-bond donors (Lipinski definition) is 1. The van der Waals surface area contributed by atoms with Crippen molar-refractivity contribution in [2.45, 2.75) is 39.4 Å². The molecule has 0 aliphatic rings. The molecule has 0 radical (unpaired) electrons. The number of likely N-dealkylation sites (N-methyl/N-ethyl adjacent to an activating group) is 1. The van der Waals surface area contributed by atoms with Gasteiger partial charge in [0.2, 0.25) is 0 Å². The number of rotatable bonds is 7. The molecule has 0 aliphatic carbocycles. The first-order valence-electron chi connectivity index (χ1n) is 7.43. The van der Waals surface area contributed by atoms with E-state index < -0.39 is 17.8 Å². The monoisotopic (exact) mass is 302 g/mol. The minimum atomic E-state index is -4.32. The van der Waals surface area contributed by atoms with E-state index in [0.29, 0.717) is 18.0 Å². The molecule has 120 valence electrons. The standard InChI is InChI=1S/C16H25F3N2/c1-4-12(3)10-21(5-2)11-15(20)13-7-6-8-14(9-13)16(17,18)19/h6-9,12,15H,4-5,10-11,20H2,1-3H3. The quantitative estimate of drug-likeness (QED) is 0.822. The summed E-state index contributed by atoms with van der Waals surface area (Å²) in [5.41, 5.74) is 5.99. The Bertz CT molecular complexity index is 432. The summed E-state index contributed by atoms with van der Waals surface area (Å²) < 4.78 is 38.2. The molecular weight excluding hydrogens is 277 g/mol. The smallest absolute Gasteiger partial charge is 0.323 e. The summed E-state index contributed by atoms with van der Waals surface area (Å²) in [6.45, 7) is 8.67. The van der Waals surface area contributed by atoms with E-state index in [4.69, 9.17) is 5.73 Å². The number of hydrogen-bond acceptors (Lipinski definition) is 2. The number of halogens is 3. The molecule has 2 nitrogen and oxygen atoms in total. The topological polar surface area (TPSA) is 29.3 Å². The molecule has 0 aliphatic heterocycles. The number of nitrogens with zero attached hydrogens (tertiary/aromatic N) is 1. The molecule has 2 unspecified atom stereocenters. The van der Waals surface area contributed by atoms with Crippen molar-refractivity contribution in [3.8, 4) is 0 Å². The summed E-state index contributed by atoms with van der Waals surface area (Å²) in [4.78, 5) is 2.19. The van der Waals surface area contributed by atoms with Crippen LogP contribution in [0.5, 0.6) is 0 Å². The minimum absolute atomic E-state index is 0.406.